The normalized spacial score (nSPS) is 15.5. The molecule has 1 fully saturated rings. The molecular weight excluding hydrogens is 272 g/mol. The molecule has 1 aromatic carbocycles. The minimum absolute atomic E-state index is 0.0523. The fourth-order valence-corrected chi connectivity index (χ4v) is 1.89. The van der Waals surface area contributed by atoms with Crippen LogP contribution in [0.4, 0.5) is 0 Å². The number of ether oxygens (including phenoxy) is 2. The van der Waals surface area contributed by atoms with Gasteiger partial charge in [0.05, 0.1) is 13.0 Å². The van der Waals surface area contributed by atoms with Crippen LogP contribution in [0.1, 0.15) is 31.8 Å². The van der Waals surface area contributed by atoms with Crippen molar-refractivity contribution in [2.24, 2.45) is 5.92 Å². The Morgan fingerprint density at radius 1 is 1.29 bits per heavy atom. The van der Waals surface area contributed by atoms with Gasteiger partial charge in [-0.2, -0.15) is 0 Å². The highest BCUT2D eigenvalue weighted by Crippen LogP contribution is 2.32. The van der Waals surface area contributed by atoms with Gasteiger partial charge < -0.3 is 13.9 Å². The van der Waals surface area contributed by atoms with Gasteiger partial charge in [0, 0.05) is 5.56 Å². The average molecular weight is 288 g/mol. The highest BCUT2D eigenvalue weighted by Gasteiger charge is 2.33. The first-order valence-electron chi connectivity index (χ1n) is 6.85. The first kappa shape index (κ1) is 13.6. The van der Waals surface area contributed by atoms with Gasteiger partial charge in [-0.1, -0.05) is 0 Å². The van der Waals surface area contributed by atoms with Gasteiger partial charge >= 0.3 is 5.97 Å². The number of methoxy groups -OCH3 is 1. The molecule has 0 spiro atoms. The van der Waals surface area contributed by atoms with Crippen molar-refractivity contribution in [3.8, 4) is 17.2 Å². The Morgan fingerprint density at radius 2 is 2.00 bits per heavy atom. The van der Waals surface area contributed by atoms with Crippen LogP contribution in [-0.4, -0.2) is 23.3 Å². The summed E-state index contributed by atoms with van der Waals surface area (Å²) in [6.45, 7) is 1.73. The van der Waals surface area contributed by atoms with E-state index in [4.69, 9.17) is 13.9 Å². The average Bonchev–Trinajstić information content (AvgIpc) is 3.24. The van der Waals surface area contributed by atoms with Crippen LogP contribution in [-0.2, 0) is 9.53 Å². The van der Waals surface area contributed by atoms with E-state index in [1.54, 1.807) is 14.0 Å². The molecule has 6 heteroatoms. The van der Waals surface area contributed by atoms with E-state index in [2.05, 4.69) is 10.2 Å². The number of hydrogen-bond acceptors (Lipinski definition) is 6. The summed E-state index contributed by atoms with van der Waals surface area (Å²) in [5, 5.41) is 7.92. The number of hydrogen-bond donors (Lipinski definition) is 0. The molecule has 110 valence electrons. The largest absolute Gasteiger partial charge is 0.497 e. The Hall–Kier alpha value is -2.37. The quantitative estimate of drug-likeness (QED) is 0.787. The second kappa shape index (κ2) is 5.55. The molecule has 1 aromatic heterocycles. The fourth-order valence-electron chi connectivity index (χ4n) is 1.89. The molecule has 0 bridgehead atoms. The molecule has 0 N–H and O–H groups in total. The van der Waals surface area contributed by atoms with Crippen molar-refractivity contribution in [1.82, 2.24) is 10.2 Å². The van der Waals surface area contributed by atoms with Gasteiger partial charge in [0.2, 0.25) is 5.89 Å². The minimum Gasteiger partial charge on any atom is -0.497 e. The van der Waals surface area contributed by atoms with Crippen LogP contribution >= 0.6 is 0 Å². The molecule has 2 aromatic rings. The standard InChI is InChI=1S/C15H16N2O4/c1-9(20-15(18)11-3-4-11)13-16-17-14(21-13)10-5-7-12(19-2)8-6-10/h5-9,11H,3-4H2,1-2H3/t9-/m0/s1. The number of nitrogens with zero attached hydrogens (tertiary/aromatic N) is 2. The molecule has 1 atom stereocenters. The molecular formula is C15H16N2O4. The lowest BCUT2D eigenvalue weighted by atomic mass is 10.2. The lowest BCUT2D eigenvalue weighted by Gasteiger charge is -2.08. The van der Waals surface area contributed by atoms with Crippen LogP contribution in [0.2, 0.25) is 0 Å². The summed E-state index contributed by atoms with van der Waals surface area (Å²) in [5.74, 6) is 1.31. The molecule has 0 unspecified atom stereocenters. The molecule has 0 amide bonds. The van der Waals surface area contributed by atoms with Gasteiger partial charge in [-0.3, -0.25) is 4.79 Å². The molecule has 0 saturated heterocycles. The molecule has 1 saturated carbocycles. The molecule has 1 heterocycles. The molecule has 3 rings (SSSR count). The summed E-state index contributed by atoms with van der Waals surface area (Å²) in [6, 6.07) is 7.29. The van der Waals surface area contributed by atoms with Crippen LogP contribution in [0.5, 0.6) is 5.75 Å². The van der Waals surface area contributed by atoms with Crippen LogP contribution in [0, 0.1) is 5.92 Å². The lowest BCUT2D eigenvalue weighted by Crippen LogP contribution is -2.10. The van der Waals surface area contributed by atoms with Crippen molar-refractivity contribution in [1.29, 1.82) is 0 Å². The van der Waals surface area contributed by atoms with Crippen molar-refractivity contribution >= 4 is 5.97 Å². The third-order valence-corrected chi connectivity index (χ3v) is 3.33. The van der Waals surface area contributed by atoms with E-state index in [1.807, 2.05) is 24.3 Å². The predicted molar refractivity (Wildman–Crippen MR) is 73.5 cm³/mol. The maximum Gasteiger partial charge on any atom is 0.309 e. The van der Waals surface area contributed by atoms with Gasteiger partial charge in [-0.25, -0.2) is 0 Å². The molecule has 0 aliphatic heterocycles. The Labute approximate surface area is 122 Å². The summed E-state index contributed by atoms with van der Waals surface area (Å²) in [4.78, 5) is 11.6. The molecule has 1 aliphatic carbocycles. The minimum atomic E-state index is -0.530. The Bertz CT molecular complexity index is 631. The van der Waals surface area contributed by atoms with Crippen molar-refractivity contribution in [3.05, 3.63) is 30.2 Å². The van der Waals surface area contributed by atoms with E-state index in [-0.39, 0.29) is 11.9 Å². The monoisotopic (exact) mass is 288 g/mol. The zero-order valence-corrected chi connectivity index (χ0v) is 11.9. The fraction of sp³-hybridized carbons (Fsp3) is 0.400. The number of esters is 1. The zero-order valence-electron chi connectivity index (χ0n) is 11.9. The van der Waals surface area contributed by atoms with Gasteiger partial charge in [-0.15, -0.1) is 10.2 Å². The van der Waals surface area contributed by atoms with Crippen molar-refractivity contribution < 1.29 is 18.7 Å². The summed E-state index contributed by atoms with van der Waals surface area (Å²) in [7, 11) is 1.61. The van der Waals surface area contributed by atoms with Crippen LogP contribution in [0.3, 0.4) is 0 Å². The number of aromatic nitrogens is 2. The number of carbonyl (C=O) groups is 1. The zero-order chi connectivity index (χ0) is 14.8. The lowest BCUT2D eigenvalue weighted by molar-refractivity contribution is -0.151. The molecule has 6 nitrogen and oxygen atoms in total. The molecule has 21 heavy (non-hydrogen) atoms. The van der Waals surface area contributed by atoms with Gasteiger partial charge in [0.1, 0.15) is 5.75 Å². The summed E-state index contributed by atoms with van der Waals surface area (Å²) in [6.07, 6.45) is 1.29. The molecule has 0 radical (unpaired) electrons. The topological polar surface area (TPSA) is 74.5 Å². The van der Waals surface area contributed by atoms with Crippen molar-refractivity contribution in [3.63, 3.8) is 0 Å². The van der Waals surface area contributed by atoms with Crippen LogP contribution < -0.4 is 4.74 Å². The van der Waals surface area contributed by atoms with Crippen LogP contribution in [0.15, 0.2) is 28.7 Å². The highest BCUT2D eigenvalue weighted by atomic mass is 16.6. The predicted octanol–water partition coefficient (Wildman–Crippen LogP) is 2.76. The second-order valence-electron chi connectivity index (χ2n) is 5.03. The number of benzene rings is 1. The first-order valence-corrected chi connectivity index (χ1v) is 6.85. The Kier molecular flexibility index (Phi) is 3.60. The third kappa shape index (κ3) is 3.04. The van der Waals surface area contributed by atoms with Crippen LogP contribution in [0.25, 0.3) is 11.5 Å². The number of carbonyl (C=O) groups excluding carboxylic acids is 1. The SMILES string of the molecule is COc1ccc(-c2nnc([C@H](C)OC(=O)C3CC3)o2)cc1. The highest BCUT2D eigenvalue weighted by molar-refractivity contribution is 5.75. The van der Waals surface area contributed by atoms with E-state index in [0.717, 1.165) is 24.2 Å². The van der Waals surface area contributed by atoms with E-state index in [0.29, 0.717) is 11.8 Å². The van der Waals surface area contributed by atoms with E-state index in [1.165, 1.54) is 0 Å². The van der Waals surface area contributed by atoms with Gasteiger partial charge in [0.25, 0.3) is 5.89 Å². The number of rotatable bonds is 5. The van der Waals surface area contributed by atoms with E-state index >= 15 is 0 Å². The Balaban J connectivity index is 1.70. The van der Waals surface area contributed by atoms with Gasteiger partial charge in [0.15, 0.2) is 6.10 Å². The van der Waals surface area contributed by atoms with Crippen molar-refractivity contribution in [2.45, 2.75) is 25.9 Å². The summed E-state index contributed by atoms with van der Waals surface area (Å²) >= 11 is 0. The van der Waals surface area contributed by atoms with Crippen molar-refractivity contribution in [2.75, 3.05) is 7.11 Å². The van der Waals surface area contributed by atoms with E-state index in [9.17, 15) is 4.79 Å². The second-order valence-corrected chi connectivity index (χ2v) is 5.03. The van der Waals surface area contributed by atoms with Gasteiger partial charge in [-0.05, 0) is 44.0 Å². The van der Waals surface area contributed by atoms with E-state index < -0.39 is 6.10 Å². The maximum absolute atomic E-state index is 11.6. The maximum atomic E-state index is 11.6. The first-order chi connectivity index (χ1) is 10.2. The smallest absolute Gasteiger partial charge is 0.309 e. The summed E-state index contributed by atoms with van der Waals surface area (Å²) < 4.78 is 16.0. The summed E-state index contributed by atoms with van der Waals surface area (Å²) in [5.41, 5.74) is 0.787. The Morgan fingerprint density at radius 3 is 2.62 bits per heavy atom. The molecule has 1 aliphatic rings. The third-order valence-electron chi connectivity index (χ3n) is 3.33.